The minimum atomic E-state index is -3.12. The fraction of sp³-hybridized carbons (Fsp3) is 0.571. The first-order chi connectivity index (χ1) is 8.42. The van der Waals surface area contributed by atoms with E-state index in [9.17, 15) is 8.42 Å². The van der Waals surface area contributed by atoms with Crippen molar-refractivity contribution in [1.29, 1.82) is 0 Å². The maximum Gasteiger partial charge on any atom is 0.178 e. The lowest BCUT2D eigenvalue weighted by Crippen LogP contribution is -2.22. The SMILES string of the molecule is Cc1cccc(S(=O)(=O)CCCNCC(C)C)c1. The average molecular weight is 269 g/mol. The first-order valence-corrected chi connectivity index (χ1v) is 8.07. The zero-order valence-corrected chi connectivity index (χ0v) is 12.3. The van der Waals surface area contributed by atoms with Gasteiger partial charge in [-0.2, -0.15) is 0 Å². The Morgan fingerprint density at radius 3 is 2.61 bits per heavy atom. The van der Waals surface area contributed by atoms with Gasteiger partial charge in [-0.1, -0.05) is 26.0 Å². The van der Waals surface area contributed by atoms with Gasteiger partial charge < -0.3 is 5.32 Å². The van der Waals surface area contributed by atoms with Crippen LogP contribution in [0.4, 0.5) is 0 Å². The first kappa shape index (κ1) is 15.2. The van der Waals surface area contributed by atoms with Crippen LogP contribution in [0, 0.1) is 12.8 Å². The Morgan fingerprint density at radius 2 is 2.00 bits per heavy atom. The van der Waals surface area contributed by atoms with E-state index in [0.717, 1.165) is 18.7 Å². The summed E-state index contributed by atoms with van der Waals surface area (Å²) in [5.41, 5.74) is 0.981. The highest BCUT2D eigenvalue weighted by Crippen LogP contribution is 2.13. The summed E-state index contributed by atoms with van der Waals surface area (Å²) in [5, 5.41) is 3.26. The van der Waals surface area contributed by atoms with Gasteiger partial charge in [0.2, 0.25) is 0 Å². The van der Waals surface area contributed by atoms with E-state index in [1.165, 1.54) is 0 Å². The van der Waals surface area contributed by atoms with Crippen molar-refractivity contribution < 1.29 is 8.42 Å². The summed E-state index contributed by atoms with van der Waals surface area (Å²) in [7, 11) is -3.12. The Bertz CT molecular complexity index is 466. The fourth-order valence-corrected chi connectivity index (χ4v) is 3.12. The molecule has 0 bridgehead atoms. The molecule has 0 saturated heterocycles. The van der Waals surface area contributed by atoms with E-state index >= 15 is 0 Å². The minimum Gasteiger partial charge on any atom is -0.316 e. The number of sulfone groups is 1. The summed E-state index contributed by atoms with van der Waals surface area (Å²) >= 11 is 0. The molecular weight excluding hydrogens is 246 g/mol. The number of benzene rings is 1. The molecular formula is C14H23NO2S. The summed E-state index contributed by atoms with van der Waals surface area (Å²) in [5.74, 6) is 0.806. The molecule has 102 valence electrons. The molecule has 0 aromatic heterocycles. The van der Waals surface area contributed by atoms with Crippen LogP contribution in [0.3, 0.4) is 0 Å². The standard InChI is InChI=1S/C14H23NO2S/c1-12(2)11-15-8-5-9-18(16,17)14-7-4-6-13(3)10-14/h4,6-7,10,12,15H,5,8-9,11H2,1-3H3. The van der Waals surface area contributed by atoms with Crippen LogP contribution in [-0.4, -0.2) is 27.3 Å². The molecule has 0 unspecified atom stereocenters. The predicted molar refractivity (Wildman–Crippen MR) is 75.6 cm³/mol. The number of aryl methyl sites for hydroxylation is 1. The summed E-state index contributed by atoms with van der Waals surface area (Å²) in [4.78, 5) is 0.436. The van der Waals surface area contributed by atoms with E-state index in [2.05, 4.69) is 19.2 Å². The van der Waals surface area contributed by atoms with Gasteiger partial charge in [0.05, 0.1) is 10.6 Å². The van der Waals surface area contributed by atoms with Crippen LogP contribution in [0.1, 0.15) is 25.8 Å². The molecule has 0 aliphatic heterocycles. The second-order valence-corrected chi connectivity index (χ2v) is 7.20. The van der Waals surface area contributed by atoms with Gasteiger partial charge in [-0.05, 0) is 50.0 Å². The molecule has 1 aromatic rings. The smallest absolute Gasteiger partial charge is 0.178 e. The molecule has 1 rings (SSSR count). The largest absolute Gasteiger partial charge is 0.316 e. The summed E-state index contributed by atoms with van der Waals surface area (Å²) in [6.45, 7) is 7.86. The lowest BCUT2D eigenvalue weighted by Gasteiger charge is -2.08. The molecule has 1 aromatic carbocycles. The zero-order chi connectivity index (χ0) is 13.6. The molecule has 0 saturated carbocycles. The van der Waals surface area contributed by atoms with Crippen molar-refractivity contribution in [3.05, 3.63) is 29.8 Å². The van der Waals surface area contributed by atoms with Crippen molar-refractivity contribution in [1.82, 2.24) is 5.32 Å². The monoisotopic (exact) mass is 269 g/mol. The first-order valence-electron chi connectivity index (χ1n) is 6.42. The highest BCUT2D eigenvalue weighted by Gasteiger charge is 2.13. The van der Waals surface area contributed by atoms with E-state index in [1.807, 2.05) is 13.0 Å². The molecule has 0 aliphatic carbocycles. The van der Waals surface area contributed by atoms with E-state index in [-0.39, 0.29) is 5.75 Å². The fourth-order valence-electron chi connectivity index (χ4n) is 1.70. The molecule has 0 radical (unpaired) electrons. The summed E-state index contributed by atoms with van der Waals surface area (Å²) in [6.07, 6.45) is 0.656. The van der Waals surface area contributed by atoms with Gasteiger partial charge >= 0.3 is 0 Å². The van der Waals surface area contributed by atoms with Crippen LogP contribution in [0.5, 0.6) is 0 Å². The van der Waals surface area contributed by atoms with E-state index in [1.54, 1.807) is 18.2 Å². The lowest BCUT2D eigenvalue weighted by atomic mass is 10.2. The molecule has 0 aliphatic rings. The topological polar surface area (TPSA) is 46.2 Å². The molecule has 0 spiro atoms. The van der Waals surface area contributed by atoms with Gasteiger partial charge in [-0.25, -0.2) is 8.42 Å². The van der Waals surface area contributed by atoms with Crippen LogP contribution in [-0.2, 0) is 9.84 Å². The van der Waals surface area contributed by atoms with Gasteiger partial charge in [0.25, 0.3) is 0 Å². The quantitative estimate of drug-likeness (QED) is 0.773. The second kappa shape index (κ2) is 6.90. The van der Waals surface area contributed by atoms with Crippen molar-refractivity contribution in [2.24, 2.45) is 5.92 Å². The van der Waals surface area contributed by atoms with Crippen LogP contribution >= 0.6 is 0 Å². The molecule has 4 heteroatoms. The third-order valence-electron chi connectivity index (χ3n) is 2.67. The zero-order valence-electron chi connectivity index (χ0n) is 11.4. The van der Waals surface area contributed by atoms with E-state index in [4.69, 9.17) is 0 Å². The van der Waals surface area contributed by atoms with Crippen LogP contribution in [0.15, 0.2) is 29.2 Å². The van der Waals surface area contributed by atoms with Gasteiger partial charge in [-0.15, -0.1) is 0 Å². The van der Waals surface area contributed by atoms with Crippen LogP contribution < -0.4 is 5.32 Å². The number of rotatable bonds is 7. The maximum absolute atomic E-state index is 12.1. The van der Waals surface area contributed by atoms with E-state index < -0.39 is 9.84 Å². The van der Waals surface area contributed by atoms with Crippen molar-refractivity contribution in [3.8, 4) is 0 Å². The van der Waals surface area contributed by atoms with Gasteiger partial charge in [-0.3, -0.25) is 0 Å². The summed E-state index contributed by atoms with van der Waals surface area (Å²) < 4.78 is 24.1. The van der Waals surface area contributed by atoms with Crippen molar-refractivity contribution in [2.75, 3.05) is 18.8 Å². The number of hydrogen-bond donors (Lipinski definition) is 1. The van der Waals surface area contributed by atoms with Crippen molar-refractivity contribution in [2.45, 2.75) is 32.1 Å². The minimum absolute atomic E-state index is 0.210. The third-order valence-corrected chi connectivity index (χ3v) is 4.47. The maximum atomic E-state index is 12.1. The highest BCUT2D eigenvalue weighted by atomic mass is 32.2. The average Bonchev–Trinajstić information content (AvgIpc) is 2.28. The molecule has 0 atom stereocenters. The van der Waals surface area contributed by atoms with Crippen LogP contribution in [0.25, 0.3) is 0 Å². The lowest BCUT2D eigenvalue weighted by molar-refractivity contribution is 0.546. The molecule has 18 heavy (non-hydrogen) atoms. The van der Waals surface area contributed by atoms with Crippen LogP contribution in [0.2, 0.25) is 0 Å². The molecule has 0 amide bonds. The normalized spacial score (nSPS) is 12.0. The Kier molecular flexibility index (Phi) is 5.82. The Labute approximate surface area is 111 Å². The molecule has 1 N–H and O–H groups in total. The third kappa shape index (κ3) is 5.19. The predicted octanol–water partition coefficient (Wildman–Crippen LogP) is 2.40. The molecule has 3 nitrogen and oxygen atoms in total. The number of hydrogen-bond acceptors (Lipinski definition) is 3. The second-order valence-electron chi connectivity index (χ2n) is 5.09. The molecule has 0 heterocycles. The Hall–Kier alpha value is -0.870. The van der Waals surface area contributed by atoms with Gasteiger partial charge in [0, 0.05) is 0 Å². The van der Waals surface area contributed by atoms with E-state index in [0.29, 0.717) is 17.2 Å². The van der Waals surface area contributed by atoms with Crippen molar-refractivity contribution in [3.63, 3.8) is 0 Å². The molecule has 0 fully saturated rings. The highest BCUT2D eigenvalue weighted by molar-refractivity contribution is 7.91. The Balaban J connectivity index is 2.46. The van der Waals surface area contributed by atoms with Crippen molar-refractivity contribution >= 4 is 9.84 Å². The summed E-state index contributed by atoms with van der Waals surface area (Å²) in [6, 6.07) is 7.10. The number of nitrogens with one attached hydrogen (secondary N) is 1. The Morgan fingerprint density at radius 1 is 1.28 bits per heavy atom. The van der Waals surface area contributed by atoms with Gasteiger partial charge in [0.1, 0.15) is 0 Å². The van der Waals surface area contributed by atoms with Gasteiger partial charge in [0.15, 0.2) is 9.84 Å².